The quantitative estimate of drug-likeness (QED) is 0.657. The number of benzene rings is 1. The van der Waals surface area contributed by atoms with Crippen LogP contribution >= 0.6 is 0 Å². The first-order valence-electron chi connectivity index (χ1n) is 7.91. The van der Waals surface area contributed by atoms with Gasteiger partial charge in [-0.1, -0.05) is 0 Å². The first kappa shape index (κ1) is 18.5. The predicted molar refractivity (Wildman–Crippen MR) is 89.1 cm³/mol. The molecule has 0 bridgehead atoms. The Morgan fingerprint density at radius 1 is 1.17 bits per heavy atom. The van der Waals surface area contributed by atoms with Gasteiger partial charge in [0.2, 0.25) is 0 Å². The lowest BCUT2D eigenvalue weighted by molar-refractivity contribution is -0.123. The van der Waals surface area contributed by atoms with E-state index in [0.717, 1.165) is 0 Å². The van der Waals surface area contributed by atoms with E-state index in [0.29, 0.717) is 37.7 Å². The van der Waals surface area contributed by atoms with Crippen LogP contribution in [0.4, 0.5) is 0 Å². The summed E-state index contributed by atoms with van der Waals surface area (Å²) in [6.07, 6.45) is 0.460. The van der Waals surface area contributed by atoms with Crippen molar-refractivity contribution in [3.05, 3.63) is 24.3 Å². The van der Waals surface area contributed by atoms with Gasteiger partial charge < -0.3 is 19.5 Å². The summed E-state index contributed by atoms with van der Waals surface area (Å²) in [6.45, 7) is 3.44. The molecule has 1 aliphatic heterocycles. The van der Waals surface area contributed by atoms with Gasteiger partial charge in [0.25, 0.3) is 5.91 Å². The average molecular weight is 357 g/mol. The van der Waals surface area contributed by atoms with Crippen molar-refractivity contribution in [2.24, 2.45) is 0 Å². The number of carbonyl (C=O) groups is 1. The molecule has 1 saturated heterocycles. The van der Waals surface area contributed by atoms with Crippen molar-refractivity contribution < 1.29 is 27.4 Å². The van der Waals surface area contributed by atoms with Crippen LogP contribution in [0.5, 0.6) is 11.5 Å². The van der Waals surface area contributed by atoms with Crippen LogP contribution in [0.1, 0.15) is 13.3 Å². The van der Waals surface area contributed by atoms with Gasteiger partial charge in [-0.25, -0.2) is 8.42 Å². The molecule has 7 nitrogen and oxygen atoms in total. The smallest absolute Gasteiger partial charge is 0.258 e. The van der Waals surface area contributed by atoms with E-state index in [1.54, 1.807) is 24.3 Å². The molecule has 8 heteroatoms. The number of carbonyl (C=O) groups excluding carboxylic acids is 1. The summed E-state index contributed by atoms with van der Waals surface area (Å²) in [5.74, 6) is 1.05. The number of rotatable bonds is 9. The lowest BCUT2D eigenvalue weighted by Gasteiger charge is -2.12. The number of ether oxygens (including phenoxy) is 3. The third kappa shape index (κ3) is 6.37. The summed E-state index contributed by atoms with van der Waals surface area (Å²) in [5.41, 5.74) is 0. The number of sulfone groups is 1. The topological polar surface area (TPSA) is 90.9 Å². The summed E-state index contributed by atoms with van der Waals surface area (Å²) in [5, 5.41) is 2.67. The van der Waals surface area contributed by atoms with Crippen LogP contribution in [0.2, 0.25) is 0 Å². The van der Waals surface area contributed by atoms with E-state index >= 15 is 0 Å². The predicted octanol–water partition coefficient (Wildman–Crippen LogP) is 0.784. The molecular formula is C16H23NO6S. The minimum atomic E-state index is -3.00. The van der Waals surface area contributed by atoms with Crippen molar-refractivity contribution in [3.63, 3.8) is 0 Å². The van der Waals surface area contributed by atoms with Crippen molar-refractivity contribution in [1.29, 1.82) is 0 Å². The van der Waals surface area contributed by atoms with Gasteiger partial charge in [-0.05, 0) is 37.6 Å². The Balaban J connectivity index is 1.69. The van der Waals surface area contributed by atoms with Crippen LogP contribution < -0.4 is 14.8 Å². The summed E-state index contributed by atoms with van der Waals surface area (Å²) in [4.78, 5) is 11.8. The van der Waals surface area contributed by atoms with Gasteiger partial charge in [-0.15, -0.1) is 0 Å². The molecule has 0 aromatic heterocycles. The van der Waals surface area contributed by atoms with Gasteiger partial charge >= 0.3 is 0 Å². The van der Waals surface area contributed by atoms with Crippen molar-refractivity contribution in [2.75, 3.05) is 37.9 Å². The van der Waals surface area contributed by atoms with Gasteiger partial charge in [-0.2, -0.15) is 0 Å². The molecule has 1 aromatic rings. The van der Waals surface area contributed by atoms with Gasteiger partial charge in [0.05, 0.1) is 18.1 Å². The second kappa shape index (κ2) is 8.89. The molecule has 2 rings (SSSR count). The van der Waals surface area contributed by atoms with E-state index in [4.69, 9.17) is 14.2 Å². The van der Waals surface area contributed by atoms with Crippen LogP contribution in [-0.2, 0) is 19.4 Å². The first-order chi connectivity index (χ1) is 11.5. The fourth-order valence-corrected chi connectivity index (χ4v) is 4.00. The second-order valence-corrected chi connectivity index (χ2v) is 7.70. The van der Waals surface area contributed by atoms with E-state index in [9.17, 15) is 13.2 Å². The standard InChI is InChI=1S/C16H23NO6S/c1-2-21-8-9-22-14-3-5-15(6-4-14)23-11-16(18)17-13-7-10-24(19,20)12-13/h3-6,13H,2,7-12H2,1H3,(H,17,18). The molecule has 1 aromatic carbocycles. The highest BCUT2D eigenvalue weighted by atomic mass is 32.2. The Morgan fingerprint density at radius 3 is 2.42 bits per heavy atom. The van der Waals surface area contributed by atoms with Crippen LogP contribution in [0.3, 0.4) is 0 Å². The van der Waals surface area contributed by atoms with Gasteiger partial charge in [0, 0.05) is 12.6 Å². The molecule has 1 amide bonds. The Labute approximate surface area is 142 Å². The van der Waals surface area contributed by atoms with E-state index < -0.39 is 9.84 Å². The molecule has 0 aliphatic carbocycles. The molecule has 1 fully saturated rings. The Hall–Kier alpha value is -1.80. The van der Waals surface area contributed by atoms with Crippen molar-refractivity contribution in [2.45, 2.75) is 19.4 Å². The van der Waals surface area contributed by atoms with Crippen LogP contribution in [0.15, 0.2) is 24.3 Å². The summed E-state index contributed by atoms with van der Waals surface area (Å²) >= 11 is 0. The lowest BCUT2D eigenvalue weighted by Crippen LogP contribution is -2.38. The van der Waals surface area contributed by atoms with E-state index in [2.05, 4.69) is 5.32 Å². The molecule has 0 saturated carbocycles. The summed E-state index contributed by atoms with van der Waals surface area (Å²) in [7, 11) is -3.00. The fourth-order valence-electron chi connectivity index (χ4n) is 2.32. The molecule has 0 spiro atoms. The molecule has 24 heavy (non-hydrogen) atoms. The summed E-state index contributed by atoms with van der Waals surface area (Å²) in [6, 6.07) is 6.62. The maximum Gasteiger partial charge on any atom is 0.258 e. The SMILES string of the molecule is CCOCCOc1ccc(OCC(=O)NC2CCS(=O)(=O)C2)cc1. The zero-order valence-electron chi connectivity index (χ0n) is 13.7. The average Bonchev–Trinajstić information content (AvgIpc) is 2.89. The normalized spacial score (nSPS) is 19.0. The number of amides is 1. The number of hydrogen-bond acceptors (Lipinski definition) is 6. The zero-order chi connectivity index (χ0) is 17.4. The molecule has 1 atom stereocenters. The molecule has 0 radical (unpaired) electrons. The lowest BCUT2D eigenvalue weighted by atomic mass is 10.2. The molecule has 1 aliphatic rings. The monoisotopic (exact) mass is 357 g/mol. The van der Waals surface area contributed by atoms with Gasteiger partial charge in [0.1, 0.15) is 18.1 Å². The Kier molecular flexibility index (Phi) is 6.86. The summed E-state index contributed by atoms with van der Waals surface area (Å²) < 4.78 is 38.7. The van der Waals surface area contributed by atoms with Crippen LogP contribution in [0.25, 0.3) is 0 Å². The maximum atomic E-state index is 11.8. The van der Waals surface area contributed by atoms with Gasteiger partial charge in [0.15, 0.2) is 16.4 Å². The largest absolute Gasteiger partial charge is 0.491 e. The van der Waals surface area contributed by atoms with Crippen molar-refractivity contribution in [1.82, 2.24) is 5.32 Å². The van der Waals surface area contributed by atoms with Crippen LogP contribution in [-0.4, -0.2) is 58.3 Å². The first-order valence-corrected chi connectivity index (χ1v) is 9.74. The Bertz CT molecular complexity index is 628. The zero-order valence-corrected chi connectivity index (χ0v) is 14.5. The minimum Gasteiger partial charge on any atom is -0.491 e. The molecule has 1 N–H and O–H groups in total. The van der Waals surface area contributed by atoms with Crippen molar-refractivity contribution in [3.8, 4) is 11.5 Å². The second-order valence-electron chi connectivity index (χ2n) is 5.47. The highest BCUT2D eigenvalue weighted by Gasteiger charge is 2.28. The molecule has 134 valence electrons. The van der Waals surface area contributed by atoms with E-state index in [1.807, 2.05) is 6.92 Å². The highest BCUT2D eigenvalue weighted by molar-refractivity contribution is 7.91. The number of hydrogen-bond donors (Lipinski definition) is 1. The van der Waals surface area contributed by atoms with Gasteiger partial charge in [-0.3, -0.25) is 4.79 Å². The van der Waals surface area contributed by atoms with Crippen molar-refractivity contribution >= 4 is 15.7 Å². The third-order valence-electron chi connectivity index (χ3n) is 3.49. The maximum absolute atomic E-state index is 11.8. The molecule has 1 unspecified atom stereocenters. The van der Waals surface area contributed by atoms with E-state index in [1.165, 1.54) is 0 Å². The minimum absolute atomic E-state index is 0.00647. The fraction of sp³-hybridized carbons (Fsp3) is 0.562. The Morgan fingerprint density at radius 2 is 1.83 bits per heavy atom. The van der Waals surface area contributed by atoms with Crippen LogP contribution in [0, 0.1) is 0 Å². The van der Waals surface area contributed by atoms with E-state index in [-0.39, 0.29) is 30.1 Å². The highest BCUT2D eigenvalue weighted by Crippen LogP contribution is 2.17. The number of nitrogens with one attached hydrogen (secondary N) is 1. The molecule has 1 heterocycles. The third-order valence-corrected chi connectivity index (χ3v) is 5.26. The molecular weight excluding hydrogens is 334 g/mol.